The number of fused-ring (bicyclic) bond motifs is 2. The maximum absolute atomic E-state index is 13.2. The lowest BCUT2D eigenvalue weighted by atomic mass is 9.95. The number of aliphatic imine (C=N–C) groups is 1. The van der Waals surface area contributed by atoms with Gasteiger partial charge in [0.15, 0.2) is 9.43 Å². The summed E-state index contributed by atoms with van der Waals surface area (Å²) < 4.78 is 8.09. The van der Waals surface area contributed by atoms with Crippen molar-refractivity contribution in [1.82, 2.24) is 4.98 Å². The molecule has 1 amide bonds. The number of benzene rings is 2. The van der Waals surface area contributed by atoms with Crippen molar-refractivity contribution in [3.8, 4) is 0 Å². The van der Waals surface area contributed by atoms with Crippen LogP contribution in [0.25, 0.3) is 10.2 Å². The molecular formula is C27H21N3O2S3. The van der Waals surface area contributed by atoms with Gasteiger partial charge in [0.1, 0.15) is 10.8 Å². The summed E-state index contributed by atoms with van der Waals surface area (Å²) in [6.07, 6.45) is 5.89. The van der Waals surface area contributed by atoms with E-state index < -0.39 is 0 Å². The Morgan fingerprint density at radius 2 is 1.83 bits per heavy atom. The second-order valence-electron chi connectivity index (χ2n) is 8.18. The third-order valence-electron chi connectivity index (χ3n) is 5.78. The summed E-state index contributed by atoms with van der Waals surface area (Å²) in [6, 6.07) is 21.5. The first-order chi connectivity index (χ1) is 17.2. The number of thiazole rings is 1. The molecule has 2 aromatic carbocycles. The smallest absolute Gasteiger partial charge is 0.259 e. The highest BCUT2D eigenvalue weighted by atomic mass is 32.2. The molecule has 3 aromatic heterocycles. The fraction of sp³-hybridized carbons (Fsp3) is 0.148. The van der Waals surface area contributed by atoms with Gasteiger partial charge in [0.25, 0.3) is 5.91 Å². The number of aryl methyl sites for hydroxylation is 1. The molecule has 0 atom stereocenters. The Morgan fingerprint density at radius 3 is 2.71 bits per heavy atom. The van der Waals surface area contributed by atoms with Gasteiger partial charge in [-0.15, -0.1) is 22.7 Å². The number of amides is 1. The zero-order valence-electron chi connectivity index (χ0n) is 18.7. The minimum atomic E-state index is -0.103. The molecule has 0 fully saturated rings. The van der Waals surface area contributed by atoms with Gasteiger partial charge in [0, 0.05) is 10.6 Å². The van der Waals surface area contributed by atoms with Crippen molar-refractivity contribution in [3.63, 3.8) is 0 Å². The topological polar surface area (TPSA) is 67.5 Å². The summed E-state index contributed by atoms with van der Waals surface area (Å²) in [4.78, 5) is 23.9. The largest absolute Gasteiger partial charge is 0.448 e. The monoisotopic (exact) mass is 515 g/mol. The van der Waals surface area contributed by atoms with E-state index in [9.17, 15) is 4.79 Å². The highest BCUT2D eigenvalue weighted by Gasteiger charge is 2.25. The van der Waals surface area contributed by atoms with Gasteiger partial charge >= 0.3 is 0 Å². The summed E-state index contributed by atoms with van der Waals surface area (Å²) in [5.74, 6) is 0.545. The van der Waals surface area contributed by atoms with Gasteiger partial charge < -0.3 is 9.73 Å². The fourth-order valence-electron chi connectivity index (χ4n) is 4.15. The number of anilines is 1. The summed E-state index contributed by atoms with van der Waals surface area (Å²) in [6.45, 7) is 0. The van der Waals surface area contributed by atoms with Crippen molar-refractivity contribution in [2.75, 3.05) is 5.32 Å². The molecule has 1 aliphatic rings. The Labute approximate surface area is 214 Å². The first kappa shape index (κ1) is 22.3. The van der Waals surface area contributed by atoms with Crippen molar-refractivity contribution < 1.29 is 9.21 Å². The van der Waals surface area contributed by atoms with E-state index in [0.717, 1.165) is 61.6 Å². The fourth-order valence-corrected chi connectivity index (χ4v) is 7.35. The van der Waals surface area contributed by atoms with E-state index in [1.54, 1.807) is 28.9 Å². The molecule has 5 nitrogen and oxygen atoms in total. The molecule has 174 valence electrons. The highest BCUT2D eigenvalue weighted by molar-refractivity contribution is 8.01. The second kappa shape index (κ2) is 9.81. The van der Waals surface area contributed by atoms with Gasteiger partial charge in [0.05, 0.1) is 22.0 Å². The molecule has 6 rings (SSSR count). The molecule has 1 aliphatic carbocycles. The summed E-state index contributed by atoms with van der Waals surface area (Å²) in [7, 11) is 0. The second-order valence-corrected chi connectivity index (χ2v) is 11.5. The number of carbonyl (C=O) groups is 1. The van der Waals surface area contributed by atoms with Crippen molar-refractivity contribution >= 4 is 67.5 Å². The number of hydrogen-bond donors (Lipinski definition) is 1. The Morgan fingerprint density at radius 1 is 1.00 bits per heavy atom. The number of carbonyl (C=O) groups excluding carboxylic acids is 1. The van der Waals surface area contributed by atoms with E-state index in [1.807, 2.05) is 60.7 Å². The Bertz CT molecular complexity index is 1500. The number of nitrogens with one attached hydrogen (secondary N) is 1. The standard InChI is InChI=1S/C27H21N3O2S3/c31-25(29-17-8-2-1-3-9-17)24-19-10-4-6-12-21(19)33-26(24)28-16-18-14-15-23(32-18)35-27-30-20-11-5-7-13-22(20)34-27/h1-3,5,7-9,11,13-16H,4,6,10,12H2,(H,29,31). The van der Waals surface area contributed by atoms with E-state index in [-0.39, 0.29) is 5.91 Å². The van der Waals surface area contributed by atoms with Crippen LogP contribution in [0.5, 0.6) is 0 Å². The lowest BCUT2D eigenvalue weighted by molar-refractivity contribution is 0.102. The lowest BCUT2D eigenvalue weighted by Gasteiger charge is -2.12. The minimum absolute atomic E-state index is 0.103. The van der Waals surface area contributed by atoms with Gasteiger partial charge in [0.2, 0.25) is 0 Å². The number of rotatable bonds is 6. The Kier molecular flexibility index (Phi) is 6.24. The average molecular weight is 516 g/mol. The summed E-state index contributed by atoms with van der Waals surface area (Å²) in [5, 5.41) is 4.54. The predicted molar refractivity (Wildman–Crippen MR) is 145 cm³/mol. The van der Waals surface area contributed by atoms with Gasteiger partial charge in [-0.05, 0) is 79.4 Å². The Hall–Kier alpha value is -3.20. The molecule has 3 heterocycles. The van der Waals surface area contributed by atoms with Gasteiger partial charge in [-0.3, -0.25) is 4.79 Å². The maximum Gasteiger partial charge on any atom is 0.259 e. The van der Waals surface area contributed by atoms with Crippen LogP contribution in [0.4, 0.5) is 10.7 Å². The molecule has 35 heavy (non-hydrogen) atoms. The molecule has 0 aliphatic heterocycles. The zero-order valence-corrected chi connectivity index (χ0v) is 21.1. The molecule has 0 saturated heterocycles. The molecule has 5 aromatic rings. The molecule has 0 spiro atoms. The first-order valence-electron chi connectivity index (χ1n) is 11.4. The van der Waals surface area contributed by atoms with Crippen LogP contribution in [0, 0.1) is 0 Å². The summed E-state index contributed by atoms with van der Waals surface area (Å²) >= 11 is 4.77. The summed E-state index contributed by atoms with van der Waals surface area (Å²) in [5.41, 5.74) is 3.62. The van der Waals surface area contributed by atoms with E-state index >= 15 is 0 Å². The Balaban J connectivity index is 1.24. The molecule has 8 heteroatoms. The SMILES string of the molecule is O=C(Nc1ccccc1)c1c(N=Cc2ccc(Sc3nc4ccccc4s3)o2)sc2c1CCCC2. The van der Waals surface area contributed by atoms with Crippen molar-refractivity contribution in [2.45, 2.75) is 35.1 Å². The molecular weight excluding hydrogens is 495 g/mol. The normalized spacial score (nSPS) is 13.4. The highest BCUT2D eigenvalue weighted by Crippen LogP contribution is 2.40. The molecule has 0 radical (unpaired) electrons. The average Bonchev–Trinajstić information content (AvgIpc) is 3.59. The first-order valence-corrected chi connectivity index (χ1v) is 13.9. The van der Waals surface area contributed by atoms with Crippen LogP contribution in [-0.2, 0) is 12.8 Å². The number of aromatic nitrogens is 1. The van der Waals surface area contributed by atoms with Crippen molar-refractivity contribution in [2.24, 2.45) is 4.99 Å². The van der Waals surface area contributed by atoms with Crippen LogP contribution in [-0.4, -0.2) is 17.1 Å². The third-order valence-corrected chi connectivity index (χ3v) is 9.00. The van der Waals surface area contributed by atoms with Crippen LogP contribution in [0.2, 0.25) is 0 Å². The van der Waals surface area contributed by atoms with E-state index in [1.165, 1.54) is 16.6 Å². The molecule has 0 bridgehead atoms. The van der Waals surface area contributed by atoms with Crippen LogP contribution in [0.15, 0.2) is 85.6 Å². The molecule has 1 N–H and O–H groups in total. The number of nitrogens with zero attached hydrogens (tertiary/aromatic N) is 2. The number of furan rings is 1. The van der Waals surface area contributed by atoms with Crippen molar-refractivity contribution in [1.29, 1.82) is 0 Å². The quantitative estimate of drug-likeness (QED) is 0.233. The molecule has 0 unspecified atom stereocenters. The van der Waals surface area contributed by atoms with E-state index in [4.69, 9.17) is 9.41 Å². The zero-order chi connectivity index (χ0) is 23.6. The minimum Gasteiger partial charge on any atom is -0.448 e. The predicted octanol–water partition coefficient (Wildman–Crippen LogP) is 7.98. The van der Waals surface area contributed by atoms with Crippen LogP contribution in [0.1, 0.15) is 39.4 Å². The van der Waals surface area contributed by atoms with Crippen LogP contribution < -0.4 is 5.32 Å². The van der Waals surface area contributed by atoms with E-state index in [2.05, 4.69) is 16.4 Å². The number of hydrogen-bond acceptors (Lipinski definition) is 7. The lowest BCUT2D eigenvalue weighted by Crippen LogP contribution is -2.14. The van der Waals surface area contributed by atoms with Crippen LogP contribution >= 0.6 is 34.4 Å². The van der Waals surface area contributed by atoms with Gasteiger partial charge in [-0.2, -0.15) is 0 Å². The molecule has 0 saturated carbocycles. The maximum atomic E-state index is 13.2. The van der Waals surface area contributed by atoms with Gasteiger partial charge in [-0.1, -0.05) is 30.3 Å². The van der Waals surface area contributed by atoms with Crippen molar-refractivity contribution in [3.05, 3.63) is 88.5 Å². The van der Waals surface area contributed by atoms with E-state index in [0.29, 0.717) is 11.3 Å². The van der Waals surface area contributed by atoms with Crippen LogP contribution in [0.3, 0.4) is 0 Å². The van der Waals surface area contributed by atoms with Gasteiger partial charge in [-0.25, -0.2) is 9.98 Å². The number of para-hydroxylation sites is 2. The number of thiophene rings is 1. The third kappa shape index (κ3) is 4.82.